The van der Waals surface area contributed by atoms with Crippen molar-refractivity contribution in [2.75, 3.05) is 25.0 Å². The van der Waals surface area contributed by atoms with Crippen LogP contribution in [0.4, 0.5) is 5.69 Å². The number of nitrogens with zero attached hydrogens (tertiary/aromatic N) is 2. The van der Waals surface area contributed by atoms with E-state index in [0.717, 1.165) is 19.4 Å². The zero-order valence-electron chi connectivity index (χ0n) is 12.0. The number of nitrogens with one attached hydrogen (secondary N) is 1. The van der Waals surface area contributed by atoms with Gasteiger partial charge in [-0.25, -0.2) is 0 Å². The number of piperidine rings is 1. The van der Waals surface area contributed by atoms with Gasteiger partial charge in [0.2, 0.25) is 11.8 Å². The highest BCUT2D eigenvalue weighted by Gasteiger charge is 2.25. The second kappa shape index (κ2) is 7.25. The van der Waals surface area contributed by atoms with E-state index >= 15 is 0 Å². The minimum Gasteiger partial charge on any atom is -0.369 e. The highest BCUT2D eigenvalue weighted by atomic mass is 35.5. The Morgan fingerprint density at radius 2 is 2.27 bits per heavy atom. The van der Waals surface area contributed by atoms with Gasteiger partial charge in [-0.3, -0.25) is 14.5 Å². The number of hydrogen-bond donors (Lipinski definition) is 2. The van der Waals surface area contributed by atoms with Crippen LogP contribution in [0.2, 0.25) is 5.02 Å². The molecular formula is C15H17ClN4O2. The van der Waals surface area contributed by atoms with Crippen LogP contribution in [0.5, 0.6) is 0 Å². The second-order valence-corrected chi connectivity index (χ2v) is 5.76. The number of primary amides is 1. The maximum absolute atomic E-state index is 12.1. The number of amides is 2. The van der Waals surface area contributed by atoms with Crippen LogP contribution in [0.1, 0.15) is 18.4 Å². The predicted octanol–water partition coefficient (Wildman–Crippen LogP) is 1.35. The molecule has 0 spiro atoms. The van der Waals surface area contributed by atoms with E-state index in [1.165, 1.54) is 0 Å². The highest BCUT2D eigenvalue weighted by Crippen LogP contribution is 2.21. The van der Waals surface area contributed by atoms with Crippen molar-refractivity contribution in [2.45, 2.75) is 12.8 Å². The molecule has 0 unspecified atom stereocenters. The lowest BCUT2D eigenvalue weighted by molar-refractivity contribution is -0.125. The Bertz CT molecular complexity index is 626. The number of rotatable bonds is 4. The minimum atomic E-state index is -0.327. The Kier molecular flexibility index (Phi) is 5.36. The highest BCUT2D eigenvalue weighted by molar-refractivity contribution is 6.31. The van der Waals surface area contributed by atoms with Gasteiger partial charge in [0.1, 0.15) is 6.07 Å². The molecule has 2 rings (SSSR count). The zero-order chi connectivity index (χ0) is 16.1. The van der Waals surface area contributed by atoms with Gasteiger partial charge in [0.05, 0.1) is 23.7 Å². The van der Waals surface area contributed by atoms with E-state index in [2.05, 4.69) is 5.32 Å². The summed E-state index contributed by atoms with van der Waals surface area (Å²) in [4.78, 5) is 25.3. The summed E-state index contributed by atoms with van der Waals surface area (Å²) in [5, 5.41) is 12.2. The molecule has 3 N–H and O–H groups in total. The standard InChI is InChI=1S/C15H17ClN4O2/c16-12-4-3-10(7-17)13(6-12)19-14(21)9-20-5-1-2-11(8-20)15(18)22/h3-4,6,11H,1-2,5,8-9H2,(H2,18,22)(H,19,21)/t11-/m0/s1. The van der Waals surface area contributed by atoms with E-state index < -0.39 is 0 Å². The molecule has 22 heavy (non-hydrogen) atoms. The summed E-state index contributed by atoms with van der Waals surface area (Å²) in [6.07, 6.45) is 1.60. The molecule has 0 aliphatic carbocycles. The fourth-order valence-corrected chi connectivity index (χ4v) is 2.71. The first-order valence-corrected chi connectivity index (χ1v) is 7.38. The molecule has 116 valence electrons. The maximum Gasteiger partial charge on any atom is 0.238 e. The Morgan fingerprint density at radius 1 is 1.50 bits per heavy atom. The maximum atomic E-state index is 12.1. The topological polar surface area (TPSA) is 99.2 Å². The van der Waals surface area contributed by atoms with Gasteiger partial charge in [0.15, 0.2) is 0 Å². The summed E-state index contributed by atoms with van der Waals surface area (Å²) >= 11 is 5.88. The number of benzene rings is 1. The molecule has 2 amide bonds. The zero-order valence-corrected chi connectivity index (χ0v) is 12.8. The third kappa shape index (κ3) is 4.20. The number of anilines is 1. The fraction of sp³-hybridized carbons (Fsp3) is 0.400. The van der Waals surface area contributed by atoms with Crippen molar-refractivity contribution in [3.8, 4) is 6.07 Å². The summed E-state index contributed by atoms with van der Waals surface area (Å²) in [6.45, 7) is 1.39. The number of hydrogen-bond acceptors (Lipinski definition) is 4. The first-order chi connectivity index (χ1) is 10.5. The number of halogens is 1. The van der Waals surface area contributed by atoms with Gasteiger partial charge in [-0.15, -0.1) is 0 Å². The first-order valence-electron chi connectivity index (χ1n) is 7.00. The molecule has 0 radical (unpaired) electrons. The van der Waals surface area contributed by atoms with Gasteiger partial charge < -0.3 is 11.1 Å². The lowest BCUT2D eigenvalue weighted by Crippen LogP contribution is -2.44. The van der Waals surface area contributed by atoms with Crippen LogP contribution in [-0.2, 0) is 9.59 Å². The van der Waals surface area contributed by atoms with E-state index in [-0.39, 0.29) is 24.3 Å². The molecule has 1 aromatic rings. The van der Waals surface area contributed by atoms with Crippen molar-refractivity contribution in [3.05, 3.63) is 28.8 Å². The van der Waals surface area contributed by atoms with Gasteiger partial charge in [0.25, 0.3) is 0 Å². The molecule has 1 aliphatic rings. The number of nitriles is 1. The Balaban J connectivity index is 1.97. The summed E-state index contributed by atoms with van der Waals surface area (Å²) in [5.41, 5.74) is 6.07. The Labute approximate surface area is 133 Å². The second-order valence-electron chi connectivity index (χ2n) is 5.33. The van der Waals surface area contributed by atoms with Crippen molar-refractivity contribution < 1.29 is 9.59 Å². The van der Waals surface area contributed by atoms with Gasteiger partial charge in [0, 0.05) is 11.6 Å². The average Bonchev–Trinajstić information content (AvgIpc) is 2.47. The molecule has 6 nitrogen and oxygen atoms in total. The summed E-state index contributed by atoms with van der Waals surface area (Å²) in [6, 6.07) is 6.70. The van der Waals surface area contributed by atoms with Crippen molar-refractivity contribution in [1.29, 1.82) is 5.26 Å². The van der Waals surface area contributed by atoms with Crippen LogP contribution in [0.25, 0.3) is 0 Å². The van der Waals surface area contributed by atoms with E-state index in [9.17, 15) is 9.59 Å². The lowest BCUT2D eigenvalue weighted by Gasteiger charge is -2.30. The lowest BCUT2D eigenvalue weighted by atomic mass is 9.97. The van der Waals surface area contributed by atoms with E-state index in [1.54, 1.807) is 18.2 Å². The number of likely N-dealkylation sites (tertiary alicyclic amines) is 1. The number of nitrogens with two attached hydrogens (primary N) is 1. The molecule has 1 atom stereocenters. The van der Waals surface area contributed by atoms with Crippen LogP contribution < -0.4 is 11.1 Å². The van der Waals surface area contributed by atoms with Gasteiger partial charge in [-0.1, -0.05) is 11.6 Å². The van der Waals surface area contributed by atoms with Crippen LogP contribution in [-0.4, -0.2) is 36.3 Å². The molecule has 1 heterocycles. The molecule has 0 saturated carbocycles. The van der Waals surface area contributed by atoms with Crippen molar-refractivity contribution in [2.24, 2.45) is 11.7 Å². The predicted molar refractivity (Wildman–Crippen MR) is 83.2 cm³/mol. The van der Waals surface area contributed by atoms with E-state index in [0.29, 0.717) is 22.8 Å². The Morgan fingerprint density at radius 3 is 2.95 bits per heavy atom. The molecule has 0 aromatic heterocycles. The molecular weight excluding hydrogens is 304 g/mol. The third-order valence-corrected chi connectivity index (χ3v) is 3.89. The molecule has 1 aliphatic heterocycles. The quantitative estimate of drug-likeness (QED) is 0.874. The molecule has 7 heteroatoms. The minimum absolute atomic E-state index is 0.154. The van der Waals surface area contributed by atoms with Crippen molar-refractivity contribution >= 4 is 29.1 Å². The number of carbonyl (C=O) groups excluding carboxylic acids is 2. The molecule has 1 saturated heterocycles. The molecule has 0 bridgehead atoms. The monoisotopic (exact) mass is 320 g/mol. The number of carbonyl (C=O) groups is 2. The van der Waals surface area contributed by atoms with Crippen LogP contribution in [0.15, 0.2) is 18.2 Å². The SMILES string of the molecule is N#Cc1ccc(Cl)cc1NC(=O)CN1CCC[C@H](C(N)=O)C1. The largest absolute Gasteiger partial charge is 0.369 e. The average molecular weight is 321 g/mol. The van der Waals surface area contributed by atoms with Crippen molar-refractivity contribution in [3.63, 3.8) is 0 Å². The molecule has 1 fully saturated rings. The molecule has 1 aromatic carbocycles. The van der Waals surface area contributed by atoms with Gasteiger partial charge >= 0.3 is 0 Å². The van der Waals surface area contributed by atoms with Crippen molar-refractivity contribution in [1.82, 2.24) is 4.90 Å². The van der Waals surface area contributed by atoms with Gasteiger partial charge in [-0.05, 0) is 37.6 Å². The third-order valence-electron chi connectivity index (χ3n) is 3.65. The smallest absolute Gasteiger partial charge is 0.238 e. The van der Waals surface area contributed by atoms with Gasteiger partial charge in [-0.2, -0.15) is 5.26 Å². The van der Waals surface area contributed by atoms with Crippen LogP contribution >= 0.6 is 11.6 Å². The van der Waals surface area contributed by atoms with E-state index in [4.69, 9.17) is 22.6 Å². The first kappa shape index (κ1) is 16.3. The van der Waals surface area contributed by atoms with Crippen LogP contribution in [0.3, 0.4) is 0 Å². The normalized spacial score (nSPS) is 18.5. The van der Waals surface area contributed by atoms with E-state index in [1.807, 2.05) is 11.0 Å². The Hall–Kier alpha value is -2.10. The summed E-state index contributed by atoms with van der Waals surface area (Å²) in [7, 11) is 0. The summed E-state index contributed by atoms with van der Waals surface area (Å²) < 4.78 is 0. The summed E-state index contributed by atoms with van der Waals surface area (Å²) in [5.74, 6) is -0.780. The fourth-order valence-electron chi connectivity index (χ4n) is 2.54. The van der Waals surface area contributed by atoms with Crippen LogP contribution in [0, 0.1) is 17.2 Å².